The van der Waals surface area contributed by atoms with Crippen LogP contribution < -0.4 is 4.90 Å². The first kappa shape index (κ1) is 16.3. The Balaban J connectivity index is 3.27. The van der Waals surface area contributed by atoms with Gasteiger partial charge in [0.2, 0.25) is 11.7 Å². The van der Waals surface area contributed by atoms with Crippen molar-refractivity contribution in [2.24, 2.45) is 0 Å². The number of nitro groups is 1. The highest BCUT2D eigenvalue weighted by atomic mass is 16.6. The number of rotatable bonds is 6. The predicted molar refractivity (Wildman–Crippen MR) is 74.4 cm³/mol. The maximum absolute atomic E-state index is 11.8. The summed E-state index contributed by atoms with van der Waals surface area (Å²) in [6.45, 7) is 1.85. The predicted octanol–water partition coefficient (Wildman–Crippen LogP) is 0.603. The fraction of sp³-hybridized carbons (Fsp3) is 0.417. The Hall–Kier alpha value is -2.71. The fourth-order valence-corrected chi connectivity index (χ4v) is 1.58. The lowest BCUT2D eigenvalue weighted by molar-refractivity contribution is -0.384. The van der Waals surface area contributed by atoms with Gasteiger partial charge in [-0.3, -0.25) is 14.9 Å². The summed E-state index contributed by atoms with van der Waals surface area (Å²) < 4.78 is 0. The summed E-state index contributed by atoms with van der Waals surface area (Å²) in [5, 5.41) is 20.0. The average molecular weight is 296 g/mol. The SMILES string of the molecule is CCN(CC(=O)N(C)C)c1nc(C(=O)O)ccc1[N+](=O)[O-]. The van der Waals surface area contributed by atoms with Crippen LogP contribution in [0.25, 0.3) is 0 Å². The number of hydrogen-bond donors (Lipinski definition) is 1. The number of carbonyl (C=O) groups is 2. The molecule has 0 aliphatic carbocycles. The third kappa shape index (κ3) is 3.88. The summed E-state index contributed by atoms with van der Waals surface area (Å²) in [5.74, 6) is -1.69. The van der Waals surface area contributed by atoms with Crippen molar-refractivity contribution < 1.29 is 19.6 Å². The molecule has 0 atom stereocenters. The number of carboxylic acid groups (broad SMARTS) is 1. The molecular formula is C12H16N4O5. The van der Waals surface area contributed by atoms with E-state index >= 15 is 0 Å². The molecule has 9 nitrogen and oxygen atoms in total. The molecule has 0 aliphatic heterocycles. The third-order valence-corrected chi connectivity index (χ3v) is 2.78. The van der Waals surface area contributed by atoms with Gasteiger partial charge in [0, 0.05) is 26.7 Å². The molecule has 0 fully saturated rings. The van der Waals surface area contributed by atoms with Crippen LogP contribution in [-0.2, 0) is 4.79 Å². The number of aromatic nitrogens is 1. The van der Waals surface area contributed by atoms with Crippen LogP contribution in [0.15, 0.2) is 12.1 Å². The van der Waals surface area contributed by atoms with Crippen LogP contribution in [0.4, 0.5) is 11.5 Å². The normalized spacial score (nSPS) is 10.0. The van der Waals surface area contributed by atoms with E-state index in [1.165, 1.54) is 9.80 Å². The number of hydrogen-bond acceptors (Lipinski definition) is 6. The van der Waals surface area contributed by atoms with Crippen molar-refractivity contribution in [3.63, 3.8) is 0 Å². The van der Waals surface area contributed by atoms with E-state index in [4.69, 9.17) is 5.11 Å². The van der Waals surface area contributed by atoms with Gasteiger partial charge in [0.15, 0.2) is 5.69 Å². The van der Waals surface area contributed by atoms with Crippen molar-refractivity contribution in [1.82, 2.24) is 9.88 Å². The zero-order chi connectivity index (χ0) is 16.2. The van der Waals surface area contributed by atoms with E-state index in [-0.39, 0.29) is 36.2 Å². The van der Waals surface area contributed by atoms with E-state index in [0.29, 0.717) is 0 Å². The number of amides is 1. The minimum absolute atomic E-state index is 0.125. The summed E-state index contributed by atoms with van der Waals surface area (Å²) in [6.07, 6.45) is 0. The summed E-state index contributed by atoms with van der Waals surface area (Å²) in [5.41, 5.74) is -0.653. The molecule has 0 saturated carbocycles. The molecule has 1 heterocycles. The molecule has 21 heavy (non-hydrogen) atoms. The average Bonchev–Trinajstić information content (AvgIpc) is 2.43. The molecular weight excluding hydrogens is 280 g/mol. The Kier molecular flexibility index (Phi) is 5.17. The van der Waals surface area contributed by atoms with Gasteiger partial charge in [0.25, 0.3) is 0 Å². The number of pyridine rings is 1. The Morgan fingerprint density at radius 3 is 2.43 bits per heavy atom. The first-order chi connectivity index (χ1) is 9.77. The quantitative estimate of drug-likeness (QED) is 0.603. The van der Waals surface area contributed by atoms with Crippen LogP contribution in [0, 0.1) is 10.1 Å². The third-order valence-electron chi connectivity index (χ3n) is 2.78. The summed E-state index contributed by atoms with van der Waals surface area (Å²) in [7, 11) is 3.12. The van der Waals surface area contributed by atoms with Crippen molar-refractivity contribution in [1.29, 1.82) is 0 Å². The van der Waals surface area contributed by atoms with Crippen molar-refractivity contribution in [3.8, 4) is 0 Å². The number of likely N-dealkylation sites (N-methyl/N-ethyl adjacent to an activating group) is 2. The van der Waals surface area contributed by atoms with Gasteiger partial charge >= 0.3 is 11.7 Å². The summed E-state index contributed by atoms with van der Waals surface area (Å²) in [6, 6.07) is 2.14. The lowest BCUT2D eigenvalue weighted by Gasteiger charge is -2.23. The Morgan fingerprint density at radius 2 is 2.00 bits per heavy atom. The van der Waals surface area contributed by atoms with Crippen LogP contribution in [0.5, 0.6) is 0 Å². The second-order valence-corrected chi connectivity index (χ2v) is 4.40. The van der Waals surface area contributed by atoms with Crippen molar-refractivity contribution >= 4 is 23.4 Å². The van der Waals surface area contributed by atoms with E-state index in [0.717, 1.165) is 12.1 Å². The zero-order valence-electron chi connectivity index (χ0n) is 11.9. The van der Waals surface area contributed by atoms with Gasteiger partial charge in [-0.25, -0.2) is 9.78 Å². The van der Waals surface area contributed by atoms with Gasteiger partial charge in [-0.2, -0.15) is 0 Å². The lowest BCUT2D eigenvalue weighted by atomic mass is 10.3. The lowest BCUT2D eigenvalue weighted by Crippen LogP contribution is -2.37. The van der Waals surface area contributed by atoms with Crippen molar-refractivity contribution in [3.05, 3.63) is 27.9 Å². The molecule has 1 rings (SSSR count). The highest BCUT2D eigenvalue weighted by Crippen LogP contribution is 2.26. The smallest absolute Gasteiger partial charge is 0.354 e. The maximum Gasteiger partial charge on any atom is 0.354 e. The second-order valence-electron chi connectivity index (χ2n) is 4.40. The van der Waals surface area contributed by atoms with Gasteiger partial charge in [-0.1, -0.05) is 0 Å². The monoisotopic (exact) mass is 296 g/mol. The number of aromatic carboxylic acids is 1. The Bertz CT molecular complexity index is 573. The highest BCUT2D eigenvalue weighted by molar-refractivity contribution is 5.87. The summed E-state index contributed by atoms with van der Waals surface area (Å²) >= 11 is 0. The van der Waals surface area contributed by atoms with Crippen LogP contribution in [0.2, 0.25) is 0 Å². The second kappa shape index (κ2) is 6.64. The van der Waals surface area contributed by atoms with E-state index in [1.807, 2.05) is 0 Å². The highest BCUT2D eigenvalue weighted by Gasteiger charge is 2.24. The molecule has 0 bridgehead atoms. The molecule has 0 unspecified atom stereocenters. The largest absolute Gasteiger partial charge is 0.477 e. The molecule has 0 aliphatic rings. The molecule has 0 aromatic carbocycles. The van der Waals surface area contributed by atoms with Gasteiger partial charge in [-0.05, 0) is 13.0 Å². The van der Waals surface area contributed by atoms with Crippen LogP contribution in [-0.4, -0.2) is 59.0 Å². The first-order valence-corrected chi connectivity index (χ1v) is 6.11. The molecule has 0 radical (unpaired) electrons. The van der Waals surface area contributed by atoms with Crippen molar-refractivity contribution in [2.45, 2.75) is 6.92 Å². The van der Waals surface area contributed by atoms with Crippen LogP contribution in [0.3, 0.4) is 0 Å². The standard InChI is InChI=1S/C12H16N4O5/c1-4-15(7-10(17)14(2)3)11-9(16(20)21)6-5-8(13-11)12(18)19/h5-6H,4,7H2,1-3H3,(H,18,19). The minimum atomic E-state index is -1.29. The molecule has 114 valence electrons. The molecule has 9 heteroatoms. The van der Waals surface area contributed by atoms with Gasteiger partial charge in [0.1, 0.15) is 0 Å². The number of carboxylic acids is 1. The minimum Gasteiger partial charge on any atom is -0.477 e. The molecule has 1 aromatic heterocycles. The molecule has 1 N–H and O–H groups in total. The molecule has 0 saturated heterocycles. The van der Waals surface area contributed by atoms with E-state index < -0.39 is 10.9 Å². The fourth-order valence-electron chi connectivity index (χ4n) is 1.58. The van der Waals surface area contributed by atoms with Crippen molar-refractivity contribution in [2.75, 3.05) is 32.1 Å². The molecule has 0 spiro atoms. The Morgan fingerprint density at radius 1 is 1.38 bits per heavy atom. The van der Waals surface area contributed by atoms with Gasteiger partial charge in [0.05, 0.1) is 11.5 Å². The first-order valence-electron chi connectivity index (χ1n) is 6.11. The van der Waals surface area contributed by atoms with E-state index in [9.17, 15) is 19.7 Å². The van der Waals surface area contributed by atoms with Gasteiger partial charge in [-0.15, -0.1) is 0 Å². The summed E-state index contributed by atoms with van der Waals surface area (Å²) in [4.78, 5) is 39.6. The zero-order valence-corrected chi connectivity index (χ0v) is 11.9. The topological polar surface area (TPSA) is 117 Å². The number of nitrogens with zero attached hydrogens (tertiary/aromatic N) is 4. The van der Waals surface area contributed by atoms with E-state index in [2.05, 4.69) is 4.98 Å². The number of carbonyl (C=O) groups excluding carboxylic acids is 1. The van der Waals surface area contributed by atoms with Crippen LogP contribution >= 0.6 is 0 Å². The van der Waals surface area contributed by atoms with Crippen LogP contribution in [0.1, 0.15) is 17.4 Å². The maximum atomic E-state index is 11.8. The molecule has 1 amide bonds. The van der Waals surface area contributed by atoms with Gasteiger partial charge < -0.3 is 14.9 Å². The Labute approximate surface area is 120 Å². The molecule has 1 aromatic rings. The van der Waals surface area contributed by atoms with E-state index in [1.54, 1.807) is 21.0 Å². The number of anilines is 1.